The first-order chi connectivity index (χ1) is 9.55. The van der Waals surface area contributed by atoms with Crippen molar-refractivity contribution in [2.45, 2.75) is 13.0 Å². The second kappa shape index (κ2) is 6.16. The molecule has 2 rings (SSSR count). The number of ether oxygens (including phenoxy) is 2. The summed E-state index contributed by atoms with van der Waals surface area (Å²) >= 11 is 5.94. The summed E-state index contributed by atoms with van der Waals surface area (Å²) in [4.78, 5) is 0. The standard InChI is InChI=1S/C16H17ClO3/c1-10-6-12(17)4-5-15(10)16(18)11-7-13(19-2)9-14(8-11)20-3/h4-9,16,18H,1-3H3. The molecule has 0 aliphatic heterocycles. The van der Waals surface area contributed by atoms with Gasteiger partial charge in [-0.15, -0.1) is 0 Å². The van der Waals surface area contributed by atoms with Crippen molar-refractivity contribution in [3.8, 4) is 11.5 Å². The average molecular weight is 293 g/mol. The normalized spacial score (nSPS) is 12.1. The smallest absolute Gasteiger partial charge is 0.122 e. The van der Waals surface area contributed by atoms with Gasteiger partial charge < -0.3 is 14.6 Å². The van der Waals surface area contributed by atoms with Crippen LogP contribution in [-0.2, 0) is 0 Å². The van der Waals surface area contributed by atoms with Crippen molar-refractivity contribution < 1.29 is 14.6 Å². The predicted molar refractivity (Wildman–Crippen MR) is 79.8 cm³/mol. The van der Waals surface area contributed by atoms with Crippen LogP contribution in [0.3, 0.4) is 0 Å². The number of hydrogen-bond donors (Lipinski definition) is 1. The van der Waals surface area contributed by atoms with E-state index in [0.29, 0.717) is 22.1 Å². The molecule has 0 saturated carbocycles. The highest BCUT2D eigenvalue weighted by atomic mass is 35.5. The maximum absolute atomic E-state index is 10.5. The van der Waals surface area contributed by atoms with Crippen molar-refractivity contribution in [1.82, 2.24) is 0 Å². The Labute approximate surface area is 123 Å². The molecule has 0 saturated heterocycles. The zero-order valence-electron chi connectivity index (χ0n) is 11.7. The summed E-state index contributed by atoms with van der Waals surface area (Å²) in [6, 6.07) is 10.8. The molecule has 0 spiro atoms. The molecule has 3 nitrogen and oxygen atoms in total. The lowest BCUT2D eigenvalue weighted by Gasteiger charge is -2.16. The highest BCUT2D eigenvalue weighted by Crippen LogP contribution is 2.31. The summed E-state index contributed by atoms with van der Waals surface area (Å²) in [6.45, 7) is 1.92. The molecular weight excluding hydrogens is 276 g/mol. The molecule has 2 aromatic rings. The minimum absolute atomic E-state index is 0.644. The van der Waals surface area contributed by atoms with Gasteiger partial charge in [-0.05, 0) is 47.9 Å². The number of aryl methyl sites for hydroxylation is 1. The van der Waals surface area contributed by atoms with E-state index in [2.05, 4.69) is 0 Å². The SMILES string of the molecule is COc1cc(OC)cc(C(O)c2ccc(Cl)cc2C)c1. The number of rotatable bonds is 4. The van der Waals surface area contributed by atoms with Crippen molar-refractivity contribution >= 4 is 11.6 Å². The fraction of sp³-hybridized carbons (Fsp3) is 0.250. The quantitative estimate of drug-likeness (QED) is 0.933. The van der Waals surface area contributed by atoms with Gasteiger partial charge in [0.15, 0.2) is 0 Å². The minimum Gasteiger partial charge on any atom is -0.497 e. The first-order valence-corrected chi connectivity index (χ1v) is 6.60. The molecule has 0 aromatic heterocycles. The molecule has 0 amide bonds. The molecule has 2 aromatic carbocycles. The fourth-order valence-electron chi connectivity index (χ4n) is 2.11. The Bertz CT molecular complexity index is 588. The first-order valence-electron chi connectivity index (χ1n) is 6.22. The van der Waals surface area contributed by atoms with Crippen LogP contribution in [0.1, 0.15) is 22.8 Å². The van der Waals surface area contributed by atoms with Crippen LogP contribution in [0.4, 0.5) is 0 Å². The van der Waals surface area contributed by atoms with Gasteiger partial charge in [0.1, 0.15) is 17.6 Å². The van der Waals surface area contributed by atoms with Crippen molar-refractivity contribution in [2.24, 2.45) is 0 Å². The summed E-state index contributed by atoms with van der Waals surface area (Å²) < 4.78 is 10.4. The van der Waals surface area contributed by atoms with Gasteiger partial charge in [0.2, 0.25) is 0 Å². The van der Waals surface area contributed by atoms with E-state index in [-0.39, 0.29) is 0 Å². The molecule has 4 heteroatoms. The number of benzene rings is 2. The van der Waals surface area contributed by atoms with E-state index in [1.807, 2.05) is 19.1 Å². The molecule has 20 heavy (non-hydrogen) atoms. The Morgan fingerprint density at radius 1 is 1.00 bits per heavy atom. The Hall–Kier alpha value is -1.71. The number of aliphatic hydroxyl groups is 1. The van der Waals surface area contributed by atoms with Gasteiger partial charge in [-0.25, -0.2) is 0 Å². The Balaban J connectivity index is 2.44. The number of hydrogen-bond acceptors (Lipinski definition) is 3. The summed E-state index contributed by atoms with van der Waals surface area (Å²) in [5, 5.41) is 11.2. The van der Waals surface area contributed by atoms with Crippen LogP contribution in [0.15, 0.2) is 36.4 Å². The zero-order chi connectivity index (χ0) is 14.7. The van der Waals surface area contributed by atoms with Crippen LogP contribution in [0.5, 0.6) is 11.5 Å². The Morgan fingerprint density at radius 2 is 1.60 bits per heavy atom. The lowest BCUT2D eigenvalue weighted by molar-refractivity contribution is 0.218. The first kappa shape index (κ1) is 14.7. The lowest BCUT2D eigenvalue weighted by Crippen LogP contribution is -2.03. The molecule has 1 atom stereocenters. The zero-order valence-corrected chi connectivity index (χ0v) is 12.4. The van der Waals surface area contributed by atoms with E-state index in [1.165, 1.54) is 0 Å². The second-order valence-electron chi connectivity index (χ2n) is 4.55. The number of aliphatic hydroxyl groups excluding tert-OH is 1. The molecule has 0 fully saturated rings. The second-order valence-corrected chi connectivity index (χ2v) is 4.99. The van der Waals surface area contributed by atoms with Crippen LogP contribution in [0, 0.1) is 6.92 Å². The summed E-state index contributed by atoms with van der Waals surface area (Å²) in [7, 11) is 3.16. The van der Waals surface area contributed by atoms with Crippen molar-refractivity contribution in [2.75, 3.05) is 14.2 Å². The maximum atomic E-state index is 10.5. The average Bonchev–Trinajstić information content (AvgIpc) is 2.46. The summed E-state index contributed by atoms with van der Waals surface area (Å²) in [5.41, 5.74) is 2.46. The van der Waals surface area contributed by atoms with Crippen molar-refractivity contribution in [1.29, 1.82) is 0 Å². The minimum atomic E-state index is -0.753. The molecule has 0 bridgehead atoms. The lowest BCUT2D eigenvalue weighted by atomic mass is 9.97. The van der Waals surface area contributed by atoms with Crippen molar-refractivity contribution in [3.63, 3.8) is 0 Å². The highest BCUT2D eigenvalue weighted by Gasteiger charge is 2.15. The molecule has 0 heterocycles. The fourth-order valence-corrected chi connectivity index (χ4v) is 2.34. The topological polar surface area (TPSA) is 38.7 Å². The van der Waals surface area contributed by atoms with Crippen LogP contribution in [0.2, 0.25) is 5.02 Å². The van der Waals surface area contributed by atoms with Gasteiger partial charge in [0.05, 0.1) is 14.2 Å². The van der Waals surface area contributed by atoms with E-state index in [0.717, 1.165) is 11.1 Å². The largest absolute Gasteiger partial charge is 0.497 e. The van der Waals surface area contributed by atoms with E-state index in [1.54, 1.807) is 38.5 Å². The third-order valence-electron chi connectivity index (χ3n) is 3.22. The van der Waals surface area contributed by atoms with Gasteiger partial charge in [-0.2, -0.15) is 0 Å². The van der Waals surface area contributed by atoms with Gasteiger partial charge in [-0.3, -0.25) is 0 Å². The van der Waals surface area contributed by atoms with E-state index in [9.17, 15) is 5.11 Å². The van der Waals surface area contributed by atoms with Gasteiger partial charge in [0, 0.05) is 11.1 Å². The maximum Gasteiger partial charge on any atom is 0.122 e. The van der Waals surface area contributed by atoms with E-state index >= 15 is 0 Å². The molecule has 106 valence electrons. The summed E-state index contributed by atoms with van der Waals surface area (Å²) in [5.74, 6) is 1.29. The third kappa shape index (κ3) is 3.06. The van der Waals surface area contributed by atoms with Crippen LogP contribution < -0.4 is 9.47 Å². The number of halogens is 1. The van der Waals surface area contributed by atoms with E-state index in [4.69, 9.17) is 21.1 Å². The van der Waals surface area contributed by atoms with E-state index < -0.39 is 6.10 Å². The molecule has 0 aliphatic rings. The molecule has 0 aliphatic carbocycles. The summed E-state index contributed by atoms with van der Waals surface area (Å²) in [6.07, 6.45) is -0.753. The highest BCUT2D eigenvalue weighted by molar-refractivity contribution is 6.30. The van der Waals surface area contributed by atoms with Crippen molar-refractivity contribution in [3.05, 3.63) is 58.1 Å². The monoisotopic (exact) mass is 292 g/mol. The Kier molecular flexibility index (Phi) is 4.53. The van der Waals surface area contributed by atoms with Crippen LogP contribution >= 0.6 is 11.6 Å². The predicted octanol–water partition coefficient (Wildman–Crippen LogP) is 3.75. The third-order valence-corrected chi connectivity index (χ3v) is 3.45. The van der Waals surface area contributed by atoms with Gasteiger partial charge in [0.25, 0.3) is 0 Å². The Morgan fingerprint density at radius 3 is 2.10 bits per heavy atom. The molecule has 0 radical (unpaired) electrons. The van der Waals surface area contributed by atoms with Gasteiger partial charge >= 0.3 is 0 Å². The molecule has 1 unspecified atom stereocenters. The molecular formula is C16H17ClO3. The van der Waals surface area contributed by atoms with Crippen LogP contribution in [-0.4, -0.2) is 19.3 Å². The van der Waals surface area contributed by atoms with Gasteiger partial charge in [-0.1, -0.05) is 17.7 Å². The van der Waals surface area contributed by atoms with Crippen LogP contribution in [0.25, 0.3) is 0 Å². The number of methoxy groups -OCH3 is 2. The molecule has 1 N–H and O–H groups in total.